The molecule has 0 heterocycles. The Bertz CT molecular complexity index is 499. The molecule has 2 unspecified atom stereocenters. The lowest BCUT2D eigenvalue weighted by Crippen LogP contribution is -2.16. The van der Waals surface area contributed by atoms with Gasteiger partial charge in [-0.25, -0.2) is 0 Å². The molecule has 1 aromatic carbocycles. The van der Waals surface area contributed by atoms with Crippen molar-refractivity contribution in [3.63, 3.8) is 0 Å². The molecule has 1 rings (SSSR count). The summed E-state index contributed by atoms with van der Waals surface area (Å²) < 4.78 is 0. The number of benzene rings is 1. The summed E-state index contributed by atoms with van der Waals surface area (Å²) in [5.74, 6) is 1.03. The van der Waals surface area contributed by atoms with E-state index < -0.39 is 0 Å². The Morgan fingerprint density at radius 3 is 2.04 bits per heavy atom. The second kappa shape index (κ2) is 9.64. The summed E-state index contributed by atoms with van der Waals surface area (Å²) in [4.78, 5) is 24.3. The number of rotatable bonds is 10. The maximum absolute atomic E-state index is 12.5. The quantitative estimate of drug-likeness (QED) is 0.511. The summed E-state index contributed by atoms with van der Waals surface area (Å²) in [6.07, 6.45) is 4.77. The number of Topliss-reactive ketones (excluding diaryl/α,β-unsaturated/α-hetero) is 2. The molecule has 0 aliphatic rings. The Balaban J connectivity index is 2.60. The first-order valence-electron chi connectivity index (χ1n) is 9.01. The monoisotopic (exact) mass is 316 g/mol. The van der Waals surface area contributed by atoms with Crippen LogP contribution in [0.5, 0.6) is 0 Å². The number of carbonyl (C=O) groups is 2. The summed E-state index contributed by atoms with van der Waals surface area (Å²) >= 11 is 0. The van der Waals surface area contributed by atoms with Gasteiger partial charge in [0.1, 0.15) is 5.78 Å². The van der Waals surface area contributed by atoms with Crippen molar-refractivity contribution in [2.75, 3.05) is 0 Å². The molecule has 0 radical (unpaired) electrons. The number of hydrogen-bond donors (Lipinski definition) is 0. The van der Waals surface area contributed by atoms with Gasteiger partial charge < -0.3 is 0 Å². The third-order valence-electron chi connectivity index (χ3n) is 4.74. The van der Waals surface area contributed by atoms with E-state index in [2.05, 4.69) is 20.8 Å². The molecule has 1 aromatic rings. The van der Waals surface area contributed by atoms with E-state index >= 15 is 0 Å². The van der Waals surface area contributed by atoms with Crippen LogP contribution in [-0.2, 0) is 4.79 Å². The van der Waals surface area contributed by atoms with Crippen molar-refractivity contribution >= 4 is 11.6 Å². The topological polar surface area (TPSA) is 34.1 Å². The van der Waals surface area contributed by atoms with Crippen LogP contribution in [0.15, 0.2) is 24.3 Å². The summed E-state index contributed by atoms with van der Waals surface area (Å²) in [7, 11) is 0. The third kappa shape index (κ3) is 6.29. The second-order valence-corrected chi connectivity index (χ2v) is 7.07. The van der Waals surface area contributed by atoms with Crippen molar-refractivity contribution < 1.29 is 9.59 Å². The van der Waals surface area contributed by atoms with E-state index in [0.717, 1.165) is 37.7 Å². The van der Waals surface area contributed by atoms with Gasteiger partial charge in [0.15, 0.2) is 5.78 Å². The van der Waals surface area contributed by atoms with Crippen LogP contribution in [-0.4, -0.2) is 11.6 Å². The van der Waals surface area contributed by atoms with Crippen LogP contribution in [0.2, 0.25) is 0 Å². The third-order valence-corrected chi connectivity index (χ3v) is 4.74. The van der Waals surface area contributed by atoms with Crippen molar-refractivity contribution in [3.8, 4) is 0 Å². The molecule has 128 valence electrons. The molecule has 0 fully saturated rings. The van der Waals surface area contributed by atoms with Crippen LogP contribution in [0, 0.1) is 11.8 Å². The van der Waals surface area contributed by atoms with E-state index in [9.17, 15) is 9.59 Å². The Morgan fingerprint density at radius 2 is 1.57 bits per heavy atom. The predicted molar refractivity (Wildman–Crippen MR) is 97.0 cm³/mol. The highest BCUT2D eigenvalue weighted by Gasteiger charge is 2.19. The molecule has 2 nitrogen and oxygen atoms in total. The van der Waals surface area contributed by atoms with Gasteiger partial charge in [0.2, 0.25) is 0 Å². The highest BCUT2D eigenvalue weighted by molar-refractivity contribution is 5.97. The van der Waals surface area contributed by atoms with Gasteiger partial charge in [0, 0.05) is 17.4 Å². The van der Waals surface area contributed by atoms with E-state index in [-0.39, 0.29) is 23.4 Å². The summed E-state index contributed by atoms with van der Waals surface area (Å²) in [5.41, 5.74) is 2.04. The number of ketones is 2. The van der Waals surface area contributed by atoms with Gasteiger partial charge in [-0.2, -0.15) is 0 Å². The molecule has 0 spiro atoms. The van der Waals surface area contributed by atoms with Crippen molar-refractivity contribution in [1.29, 1.82) is 0 Å². The average molecular weight is 316 g/mol. The first kappa shape index (κ1) is 19.6. The molecule has 0 amide bonds. The minimum absolute atomic E-state index is 0.0247. The van der Waals surface area contributed by atoms with E-state index in [4.69, 9.17) is 0 Å². The average Bonchev–Trinajstić information content (AvgIpc) is 2.53. The van der Waals surface area contributed by atoms with E-state index in [1.54, 1.807) is 6.92 Å². The predicted octanol–water partition coefficient (Wildman–Crippen LogP) is 5.80. The zero-order valence-corrected chi connectivity index (χ0v) is 15.4. The lowest BCUT2D eigenvalue weighted by atomic mass is 9.87. The first-order valence-corrected chi connectivity index (χ1v) is 9.01. The molecular weight excluding hydrogens is 284 g/mol. The van der Waals surface area contributed by atoms with Crippen LogP contribution in [0.4, 0.5) is 0 Å². The van der Waals surface area contributed by atoms with E-state index in [0.29, 0.717) is 5.92 Å². The minimum atomic E-state index is -0.0247. The van der Waals surface area contributed by atoms with Gasteiger partial charge in [-0.1, -0.05) is 64.8 Å². The van der Waals surface area contributed by atoms with E-state index in [1.165, 1.54) is 5.56 Å². The maximum Gasteiger partial charge on any atom is 0.165 e. The highest BCUT2D eigenvalue weighted by Crippen LogP contribution is 2.22. The standard InChI is InChI=1S/C21H32O2/c1-6-7-8-19(17(5)22)10-9-16(4)21(23)20-13-11-18(12-14-20)15(2)3/h11-16,19H,6-10H2,1-5H3. The Kier molecular flexibility index (Phi) is 8.22. The Hall–Kier alpha value is -1.44. The van der Waals surface area contributed by atoms with Crippen molar-refractivity contribution in [1.82, 2.24) is 0 Å². The lowest BCUT2D eigenvalue weighted by molar-refractivity contribution is -0.121. The highest BCUT2D eigenvalue weighted by atomic mass is 16.1. The van der Waals surface area contributed by atoms with Crippen LogP contribution in [0.1, 0.15) is 88.6 Å². The number of carbonyl (C=O) groups excluding carboxylic acids is 2. The second-order valence-electron chi connectivity index (χ2n) is 7.07. The van der Waals surface area contributed by atoms with Crippen LogP contribution >= 0.6 is 0 Å². The molecule has 0 aliphatic heterocycles. The summed E-state index contributed by atoms with van der Waals surface area (Å²) in [6, 6.07) is 7.97. The van der Waals surface area contributed by atoms with Crippen molar-refractivity contribution in [2.45, 2.75) is 72.6 Å². The van der Waals surface area contributed by atoms with E-state index in [1.807, 2.05) is 31.2 Å². The largest absolute Gasteiger partial charge is 0.300 e. The van der Waals surface area contributed by atoms with Crippen LogP contribution in [0.25, 0.3) is 0 Å². The smallest absolute Gasteiger partial charge is 0.165 e. The molecule has 2 atom stereocenters. The zero-order valence-electron chi connectivity index (χ0n) is 15.4. The lowest BCUT2D eigenvalue weighted by Gasteiger charge is -2.16. The SMILES string of the molecule is CCCCC(CCC(C)C(=O)c1ccc(C(C)C)cc1)C(C)=O. The molecule has 0 N–H and O–H groups in total. The molecule has 2 heteroatoms. The van der Waals surface area contributed by atoms with Crippen molar-refractivity contribution in [2.24, 2.45) is 11.8 Å². The van der Waals surface area contributed by atoms with Gasteiger partial charge in [-0.15, -0.1) is 0 Å². The van der Waals surface area contributed by atoms with Gasteiger partial charge >= 0.3 is 0 Å². The zero-order chi connectivity index (χ0) is 17.4. The summed E-state index contributed by atoms with van der Waals surface area (Å²) in [6.45, 7) is 10.1. The van der Waals surface area contributed by atoms with Crippen molar-refractivity contribution in [3.05, 3.63) is 35.4 Å². The Labute approximate surface area is 141 Å². The van der Waals surface area contributed by atoms with Gasteiger partial charge in [-0.3, -0.25) is 9.59 Å². The maximum atomic E-state index is 12.5. The minimum Gasteiger partial charge on any atom is -0.300 e. The first-order chi connectivity index (χ1) is 10.9. The van der Waals surface area contributed by atoms with Gasteiger partial charge in [-0.05, 0) is 37.7 Å². The molecule has 0 bridgehead atoms. The molecular formula is C21H32O2. The normalized spacial score (nSPS) is 13.8. The summed E-state index contributed by atoms with van der Waals surface area (Å²) in [5, 5.41) is 0. The van der Waals surface area contributed by atoms with Gasteiger partial charge in [0.25, 0.3) is 0 Å². The molecule has 0 saturated heterocycles. The molecule has 23 heavy (non-hydrogen) atoms. The fraction of sp³-hybridized carbons (Fsp3) is 0.619. The van der Waals surface area contributed by atoms with Crippen LogP contribution in [0.3, 0.4) is 0 Å². The molecule has 0 saturated carbocycles. The molecule has 0 aliphatic carbocycles. The number of unbranched alkanes of at least 4 members (excludes halogenated alkanes) is 1. The van der Waals surface area contributed by atoms with Gasteiger partial charge in [0.05, 0.1) is 0 Å². The fourth-order valence-corrected chi connectivity index (χ4v) is 2.90. The number of hydrogen-bond acceptors (Lipinski definition) is 2. The molecule has 0 aromatic heterocycles. The van der Waals surface area contributed by atoms with Crippen LogP contribution < -0.4 is 0 Å². The fourth-order valence-electron chi connectivity index (χ4n) is 2.90. The Morgan fingerprint density at radius 1 is 0.957 bits per heavy atom.